The largest absolute Gasteiger partial charge is 0.398 e. The lowest BCUT2D eigenvalue weighted by Gasteiger charge is -2.28. The summed E-state index contributed by atoms with van der Waals surface area (Å²) in [5, 5.41) is 49.2. The van der Waals surface area contributed by atoms with Crippen molar-refractivity contribution in [2.75, 3.05) is 45.7 Å². The minimum absolute atomic E-state index is 0.433. The zero-order valence-electron chi connectivity index (χ0n) is 57.1. The fraction of sp³-hybridized carbons (Fsp3) is 0.320. The Morgan fingerprint density at radius 2 is 1.38 bits per heavy atom. The number of anilines is 2. The number of hydrazone groups is 1. The molecule has 1 aliphatic heterocycles. The van der Waals surface area contributed by atoms with Crippen LogP contribution < -0.4 is 27.9 Å². The minimum Gasteiger partial charge on any atom is -0.398 e. The molecule has 1 unspecified atom stereocenters. The smallest absolute Gasteiger partial charge is 0.267 e. The number of nitrogen functional groups attached to an aromatic ring is 2. The second-order valence-corrected chi connectivity index (χ2v) is 26.3. The highest BCUT2D eigenvalue weighted by Gasteiger charge is 2.27. The van der Waals surface area contributed by atoms with E-state index in [0.29, 0.717) is 29.7 Å². The number of aromatic amines is 5. The lowest BCUT2D eigenvalue weighted by Crippen LogP contribution is -2.27. The Morgan fingerprint density at radius 1 is 0.745 bits per heavy atom. The number of pyridine rings is 2. The number of amides is 1. The second kappa shape index (κ2) is 32.5. The Balaban J connectivity index is 0.000000129. The predicted octanol–water partition coefficient (Wildman–Crippen LogP) is 13.8. The fourth-order valence-corrected chi connectivity index (χ4v) is 13.6. The number of thiazole rings is 1. The maximum absolute atomic E-state index is 11.7. The van der Waals surface area contributed by atoms with Crippen molar-refractivity contribution in [3.8, 4) is 11.3 Å². The number of aliphatic imine (C=N–C) groups is 1. The Hall–Kier alpha value is -10.5. The summed E-state index contributed by atoms with van der Waals surface area (Å²) in [6, 6.07) is 18.1. The molecule has 3 aliphatic carbocycles. The summed E-state index contributed by atoms with van der Waals surface area (Å²) in [5.74, 6) is 0.276. The summed E-state index contributed by atoms with van der Waals surface area (Å²) < 4.78 is 1.06. The number of benzene rings is 4. The Bertz CT molecular complexity index is 4930. The topological polar surface area (TPSA) is 329 Å². The van der Waals surface area contributed by atoms with Crippen LogP contribution in [0.3, 0.4) is 0 Å². The Labute approximate surface area is 574 Å². The molecule has 1 atom stereocenters. The van der Waals surface area contributed by atoms with Crippen LogP contribution in [0.25, 0.3) is 81.6 Å². The van der Waals surface area contributed by atoms with Gasteiger partial charge in [-0.05, 0) is 194 Å². The molecule has 506 valence electrons. The van der Waals surface area contributed by atoms with E-state index in [1.54, 1.807) is 18.5 Å². The van der Waals surface area contributed by atoms with Crippen molar-refractivity contribution < 1.29 is 4.79 Å². The van der Waals surface area contributed by atoms with E-state index in [0.717, 1.165) is 169 Å². The van der Waals surface area contributed by atoms with E-state index in [-0.39, 0.29) is 0 Å². The number of nitrogens with two attached hydrogens (primary N) is 3. The van der Waals surface area contributed by atoms with Gasteiger partial charge in [0.1, 0.15) is 5.69 Å². The molecule has 0 spiro atoms. The zero-order valence-corrected chi connectivity index (χ0v) is 57.9. The zero-order chi connectivity index (χ0) is 68.7. The number of rotatable bonds is 13. The maximum atomic E-state index is 11.7. The van der Waals surface area contributed by atoms with Gasteiger partial charge in [-0.2, -0.15) is 30.6 Å². The first-order chi connectivity index (χ1) is 47.8. The molecule has 1 fully saturated rings. The Morgan fingerprint density at radius 3 is 2.03 bits per heavy atom. The van der Waals surface area contributed by atoms with Gasteiger partial charge in [0.15, 0.2) is 5.13 Å². The summed E-state index contributed by atoms with van der Waals surface area (Å²) >= 11 is 1.48. The second-order valence-electron chi connectivity index (χ2n) is 25.3. The van der Waals surface area contributed by atoms with Gasteiger partial charge in [0.05, 0.1) is 86.7 Å². The molecular weight excluding hydrogens is 1240 g/mol. The van der Waals surface area contributed by atoms with Gasteiger partial charge in [0.25, 0.3) is 5.91 Å². The van der Waals surface area contributed by atoms with Crippen LogP contribution in [0.2, 0.25) is 0 Å². The summed E-state index contributed by atoms with van der Waals surface area (Å²) in [6.07, 6.45) is 35.4. The number of hydrogen-bond acceptors (Lipinski definition) is 17. The van der Waals surface area contributed by atoms with E-state index in [9.17, 15) is 4.79 Å². The molecule has 12 aromatic rings. The first-order valence-electron chi connectivity index (χ1n) is 33.7. The van der Waals surface area contributed by atoms with Crippen LogP contribution in [0.5, 0.6) is 0 Å². The van der Waals surface area contributed by atoms with E-state index in [1.807, 2.05) is 114 Å². The van der Waals surface area contributed by atoms with Gasteiger partial charge in [0.2, 0.25) is 0 Å². The number of carbonyl (C=O) groups is 1. The van der Waals surface area contributed by atoms with E-state index >= 15 is 0 Å². The molecule has 23 heteroatoms. The van der Waals surface area contributed by atoms with Crippen molar-refractivity contribution in [1.29, 1.82) is 0 Å². The third-order valence-electron chi connectivity index (χ3n) is 17.7. The van der Waals surface area contributed by atoms with Crippen LogP contribution in [-0.4, -0.2) is 123 Å². The van der Waals surface area contributed by atoms with Gasteiger partial charge in [-0.3, -0.25) is 35.3 Å². The van der Waals surface area contributed by atoms with E-state index in [1.165, 1.54) is 81.4 Å². The summed E-state index contributed by atoms with van der Waals surface area (Å²) in [4.78, 5) is 32.4. The van der Waals surface area contributed by atoms with Gasteiger partial charge in [-0.15, -0.1) is 6.58 Å². The van der Waals surface area contributed by atoms with Crippen molar-refractivity contribution in [2.45, 2.75) is 118 Å². The molecule has 8 aromatic heterocycles. The van der Waals surface area contributed by atoms with Crippen LogP contribution in [-0.2, 0) is 32.2 Å². The van der Waals surface area contributed by atoms with E-state index in [4.69, 9.17) is 22.2 Å². The molecular formula is C75H89N21OS. The predicted molar refractivity (Wildman–Crippen MR) is 402 cm³/mol. The lowest BCUT2D eigenvalue weighted by molar-refractivity contribution is 0.0994. The SMILES string of the molecule is C1CC1.C=CCN/N=C\C/C=C/N=C(/C=C/C)c1ccc2nc(N)sc2c1.CNC.Cc1[nH]ncc1-c1nc2ccc3[nH]ncc3c2c2c1CN(C)CC2.Cc1[nH]ncc1CC1=C(c2c(N)ccc3[nH]ncc23)CCC(C)C1.NC(=O)c1nc2ccc3[nH]ncc3c2c2c1CCCC2. The average Bonchev–Trinajstić information content (AvgIpc) is 1.24. The Kier molecular flexibility index (Phi) is 22.8. The highest BCUT2D eigenvalue weighted by atomic mass is 32.1. The third-order valence-corrected chi connectivity index (χ3v) is 18.6. The number of aryl methyl sites for hydroxylation is 3. The highest BCUT2D eigenvalue weighted by Crippen LogP contribution is 2.43. The number of likely N-dealkylation sites (N-methyl/N-ethyl adjacent to an activating group) is 1. The third kappa shape index (κ3) is 16.1. The number of allylic oxidation sites excluding steroid dienone is 5. The van der Waals surface area contributed by atoms with Crippen molar-refractivity contribution >= 4 is 110 Å². The first-order valence-corrected chi connectivity index (χ1v) is 34.5. The number of carbonyl (C=O) groups excluding carboxylic acids is 1. The molecule has 9 heterocycles. The van der Waals surface area contributed by atoms with Gasteiger partial charge in [0, 0.05) is 92.6 Å². The standard InChI is InChI=1S/C19H23N5.C18H18N6.C18H21N5S.C15H14N4O.C3H6.C2H7N/c1-11-3-4-15(13(7-11)8-14-9-21-23-12(14)2)19-16-10-22-24-18(16)6-5-17(19)20;1-10-12(7-19-22-10)18-14-9-24(2)6-5-11(14)17-13-8-20-23-15(13)3-4-16(17)21-18;1-3-7-15(20-11-5-6-12-22-21-10-4-2)14-8-9-16-17(13-14)24-18(19)23-16;16-15(20)14-9-4-2-1-3-8(9)13-10-7-17-19-11(10)5-6-12(13)18-14;1-2-3-1;1-3-2/h5-6,9-11H,3-4,7-8,20H2,1-2H3,(H,21,23)(H,22,24);3-4,7-8H,5-6,9H2,1-2H3,(H,19,22)(H,20,23);3-5,7-9,11-13,21H,2,6,10H2,1H3,(H2,19,23);5-7H,1-4H2,(H2,16,20)(H,17,19);1-3H2;3H,1-2H3/b;;7-3+,11-5+,20-15-,22-12-;;;. The van der Waals surface area contributed by atoms with Crippen molar-refractivity contribution in [2.24, 2.45) is 21.7 Å². The molecule has 0 radical (unpaired) electrons. The number of hydrogen-bond donors (Lipinski definition) is 10. The van der Waals surface area contributed by atoms with Gasteiger partial charge in [-0.25, -0.2) is 15.0 Å². The molecule has 1 saturated carbocycles. The number of primary amides is 1. The van der Waals surface area contributed by atoms with Gasteiger partial charge >= 0.3 is 0 Å². The number of aromatic nitrogens is 13. The monoisotopic (exact) mass is 1330 g/mol. The van der Waals surface area contributed by atoms with E-state index < -0.39 is 5.91 Å². The highest BCUT2D eigenvalue weighted by molar-refractivity contribution is 7.22. The fourth-order valence-electron chi connectivity index (χ4n) is 12.9. The molecule has 0 bridgehead atoms. The summed E-state index contributed by atoms with van der Waals surface area (Å²) in [6.45, 7) is 14.7. The first kappa shape index (κ1) is 68.9. The molecule has 16 rings (SSSR count). The number of H-pyrrole nitrogens is 5. The van der Waals surface area contributed by atoms with Gasteiger partial charge in [-0.1, -0.05) is 67.4 Å². The van der Waals surface area contributed by atoms with Gasteiger partial charge < -0.3 is 32.8 Å². The summed E-state index contributed by atoms with van der Waals surface area (Å²) in [7, 11) is 5.91. The number of nitrogens with one attached hydrogen (secondary N) is 7. The molecule has 0 saturated heterocycles. The van der Waals surface area contributed by atoms with Crippen LogP contribution in [0.15, 0.2) is 138 Å². The van der Waals surface area contributed by atoms with Crippen molar-refractivity contribution in [3.63, 3.8) is 0 Å². The normalized spacial score (nSPS) is 15.3. The van der Waals surface area contributed by atoms with Crippen molar-refractivity contribution in [3.05, 3.63) is 184 Å². The van der Waals surface area contributed by atoms with Crippen LogP contribution >= 0.6 is 11.3 Å². The molecule has 4 aliphatic rings. The molecule has 4 aromatic carbocycles. The molecule has 1 amide bonds. The van der Waals surface area contributed by atoms with Crippen molar-refractivity contribution in [1.82, 2.24) is 81.6 Å². The van der Waals surface area contributed by atoms with Crippen LogP contribution in [0, 0.1) is 19.8 Å². The van der Waals surface area contributed by atoms with Crippen LogP contribution in [0.4, 0.5) is 10.8 Å². The average molecular weight is 1330 g/mol. The summed E-state index contributed by atoms with van der Waals surface area (Å²) in [5.41, 5.74) is 44.3. The quantitative estimate of drug-likeness (QED) is 0.0169. The maximum Gasteiger partial charge on any atom is 0.267 e. The molecule has 98 heavy (non-hydrogen) atoms. The number of fused-ring (bicyclic) bond motifs is 12. The number of nitrogens with zero attached hydrogens (tertiary/aromatic N) is 11. The molecule has 13 N–H and O–H groups in total. The minimum atomic E-state index is -0.433. The lowest BCUT2D eigenvalue weighted by atomic mass is 9.79. The van der Waals surface area contributed by atoms with E-state index in [2.05, 4.69) is 132 Å². The van der Waals surface area contributed by atoms with Crippen LogP contribution in [0.1, 0.15) is 132 Å². The molecule has 22 nitrogen and oxygen atoms in total.